The minimum Gasteiger partial charge on any atom is -0.305 e. The number of pyridine rings is 1. The molecule has 6 nitrogen and oxygen atoms in total. The molecule has 5 aromatic rings. The van der Waals surface area contributed by atoms with E-state index in [1.54, 1.807) is 12.1 Å². The van der Waals surface area contributed by atoms with Crippen LogP contribution in [0.15, 0.2) is 66.9 Å². The summed E-state index contributed by atoms with van der Waals surface area (Å²) >= 11 is 1.29. The zero-order valence-corrected chi connectivity index (χ0v) is 20.6. The van der Waals surface area contributed by atoms with Crippen molar-refractivity contribution >= 4 is 34.2 Å². The molecule has 36 heavy (non-hydrogen) atoms. The van der Waals surface area contributed by atoms with Gasteiger partial charge < -0.3 is 9.69 Å². The number of rotatable bonds is 7. The molecular weight excluding hydrogens is 473 g/mol. The lowest BCUT2D eigenvalue weighted by molar-refractivity contribution is -0.107. The number of nitrogens with zero attached hydrogens (tertiary/aromatic N) is 5. The Bertz CT molecular complexity index is 1600. The van der Waals surface area contributed by atoms with Crippen LogP contribution in [0.3, 0.4) is 0 Å². The highest BCUT2D eigenvalue weighted by Gasteiger charge is 2.22. The first-order chi connectivity index (χ1) is 17.5. The van der Waals surface area contributed by atoms with Crippen LogP contribution < -0.4 is 4.90 Å². The van der Waals surface area contributed by atoms with Gasteiger partial charge in [0.1, 0.15) is 40.2 Å². The van der Waals surface area contributed by atoms with Gasteiger partial charge in [-0.3, -0.25) is 4.40 Å². The van der Waals surface area contributed by atoms with Gasteiger partial charge in [0.15, 0.2) is 5.13 Å². The van der Waals surface area contributed by atoms with Crippen LogP contribution in [0.2, 0.25) is 0 Å². The highest BCUT2D eigenvalue weighted by atomic mass is 32.1. The molecule has 0 unspecified atom stereocenters. The van der Waals surface area contributed by atoms with E-state index in [0.717, 1.165) is 46.6 Å². The molecule has 178 valence electrons. The molecule has 3 aromatic heterocycles. The summed E-state index contributed by atoms with van der Waals surface area (Å²) in [6, 6.07) is 20.2. The lowest BCUT2D eigenvalue weighted by Crippen LogP contribution is -2.13. The van der Waals surface area contributed by atoms with Crippen LogP contribution in [0, 0.1) is 17.1 Å². The number of anilines is 2. The zero-order chi connectivity index (χ0) is 25.2. The van der Waals surface area contributed by atoms with Crippen molar-refractivity contribution < 1.29 is 9.18 Å². The van der Waals surface area contributed by atoms with Gasteiger partial charge in [0.05, 0.1) is 5.69 Å². The molecule has 0 aliphatic carbocycles. The molecule has 0 aliphatic rings. The SMILES string of the molecule is CCc1nc2ccc(-c3ccc(CC=O)cc3)cn2c1N(C)c1nc(-c2ccc(F)cc2)c(C#N)s1. The van der Waals surface area contributed by atoms with E-state index < -0.39 is 0 Å². The molecular formula is C28H22FN5OS. The van der Waals surface area contributed by atoms with Crippen molar-refractivity contribution in [3.8, 4) is 28.5 Å². The van der Waals surface area contributed by atoms with E-state index in [1.165, 1.54) is 23.5 Å². The van der Waals surface area contributed by atoms with Gasteiger partial charge in [0.2, 0.25) is 0 Å². The third kappa shape index (κ3) is 4.25. The Hall–Kier alpha value is -4.35. The van der Waals surface area contributed by atoms with Crippen molar-refractivity contribution in [3.63, 3.8) is 0 Å². The second kappa shape index (κ2) is 9.72. The number of aldehydes is 1. The molecule has 0 N–H and O–H groups in total. The van der Waals surface area contributed by atoms with E-state index in [2.05, 4.69) is 13.0 Å². The number of thiazole rings is 1. The fraction of sp³-hybridized carbons (Fsp3) is 0.143. The Balaban J connectivity index is 1.58. The number of hydrogen-bond donors (Lipinski definition) is 0. The Kier molecular flexibility index (Phi) is 6.32. The average Bonchev–Trinajstić information content (AvgIpc) is 3.50. The van der Waals surface area contributed by atoms with Gasteiger partial charge >= 0.3 is 0 Å². The second-order valence-corrected chi connectivity index (χ2v) is 9.28. The number of carbonyl (C=O) groups is 1. The van der Waals surface area contributed by atoms with Gasteiger partial charge in [-0.15, -0.1) is 0 Å². The predicted octanol–water partition coefficient (Wildman–Crippen LogP) is 6.21. The van der Waals surface area contributed by atoms with Crippen LogP contribution in [0.1, 0.15) is 23.1 Å². The van der Waals surface area contributed by atoms with Crippen molar-refractivity contribution in [2.24, 2.45) is 0 Å². The quantitative estimate of drug-likeness (QED) is 0.251. The van der Waals surface area contributed by atoms with E-state index in [0.29, 0.717) is 27.7 Å². The summed E-state index contributed by atoms with van der Waals surface area (Å²) in [5.41, 5.74) is 5.97. The molecule has 0 aliphatic heterocycles. The van der Waals surface area contributed by atoms with Crippen molar-refractivity contribution in [1.29, 1.82) is 5.26 Å². The Morgan fingerprint density at radius 1 is 1.03 bits per heavy atom. The van der Waals surface area contributed by atoms with Crippen molar-refractivity contribution in [2.75, 3.05) is 11.9 Å². The average molecular weight is 496 g/mol. The highest BCUT2D eigenvalue weighted by Crippen LogP contribution is 2.37. The topological polar surface area (TPSA) is 74.3 Å². The largest absolute Gasteiger partial charge is 0.305 e. The number of benzene rings is 2. The molecule has 5 rings (SSSR count). The first-order valence-corrected chi connectivity index (χ1v) is 12.3. The van der Waals surface area contributed by atoms with E-state index in [-0.39, 0.29) is 5.82 Å². The van der Waals surface area contributed by atoms with Gasteiger partial charge in [-0.05, 0) is 59.5 Å². The first kappa shape index (κ1) is 23.4. The summed E-state index contributed by atoms with van der Waals surface area (Å²) < 4.78 is 15.5. The van der Waals surface area contributed by atoms with Crippen LogP contribution in [0.4, 0.5) is 15.3 Å². The molecule has 0 spiro atoms. The number of halogens is 1. The smallest absolute Gasteiger partial charge is 0.192 e. The zero-order valence-electron chi connectivity index (χ0n) is 19.8. The lowest BCUT2D eigenvalue weighted by atomic mass is 10.0. The Morgan fingerprint density at radius 2 is 1.72 bits per heavy atom. The maximum Gasteiger partial charge on any atom is 0.192 e. The van der Waals surface area contributed by atoms with Crippen LogP contribution in [0.5, 0.6) is 0 Å². The molecule has 2 aromatic carbocycles. The molecule has 0 atom stereocenters. The molecule has 0 radical (unpaired) electrons. The van der Waals surface area contributed by atoms with E-state index >= 15 is 0 Å². The molecule has 8 heteroatoms. The minimum absolute atomic E-state index is 0.336. The van der Waals surface area contributed by atoms with E-state index in [9.17, 15) is 14.4 Å². The third-order valence-electron chi connectivity index (χ3n) is 6.04. The molecule has 3 heterocycles. The Morgan fingerprint density at radius 3 is 2.39 bits per heavy atom. The van der Waals surface area contributed by atoms with Gasteiger partial charge in [-0.2, -0.15) is 5.26 Å². The fourth-order valence-corrected chi connectivity index (χ4v) is 5.04. The number of hydrogen-bond acceptors (Lipinski definition) is 6. The standard InChI is InChI=1S/C28H22FN5OS/c1-3-23-27(33(2)28-32-26(24(16-30)36-28)20-8-11-22(29)12-9-20)34-17-21(10-13-25(34)31-23)19-6-4-18(5-7-19)14-15-35/h4-13,15,17H,3,14H2,1-2H3. The van der Waals surface area contributed by atoms with E-state index in [4.69, 9.17) is 9.97 Å². The molecule has 0 bridgehead atoms. The van der Waals surface area contributed by atoms with Gasteiger partial charge in [-0.25, -0.2) is 14.4 Å². The van der Waals surface area contributed by atoms with Crippen molar-refractivity contribution in [1.82, 2.24) is 14.4 Å². The summed E-state index contributed by atoms with van der Waals surface area (Å²) in [4.78, 5) is 22.8. The van der Waals surface area contributed by atoms with Crippen LogP contribution in [-0.2, 0) is 17.6 Å². The molecule has 0 saturated carbocycles. The fourth-order valence-electron chi connectivity index (χ4n) is 4.20. The van der Waals surface area contributed by atoms with Gasteiger partial charge in [-0.1, -0.05) is 42.5 Å². The molecule has 0 fully saturated rings. The third-order valence-corrected chi connectivity index (χ3v) is 7.08. The van der Waals surface area contributed by atoms with Crippen molar-refractivity contribution in [2.45, 2.75) is 19.8 Å². The van der Waals surface area contributed by atoms with Gasteiger partial charge in [0, 0.05) is 25.2 Å². The molecule has 0 saturated heterocycles. The van der Waals surface area contributed by atoms with E-state index in [1.807, 2.05) is 58.9 Å². The summed E-state index contributed by atoms with van der Waals surface area (Å²) in [5.74, 6) is 0.535. The number of imidazole rings is 1. The normalized spacial score (nSPS) is 10.9. The number of carbonyl (C=O) groups excluding carboxylic acids is 1. The summed E-state index contributed by atoms with van der Waals surface area (Å²) in [7, 11) is 1.91. The Labute approximate surface area is 211 Å². The van der Waals surface area contributed by atoms with Crippen LogP contribution in [0.25, 0.3) is 28.0 Å². The maximum absolute atomic E-state index is 13.4. The van der Waals surface area contributed by atoms with Crippen molar-refractivity contribution in [3.05, 3.63) is 88.8 Å². The summed E-state index contributed by atoms with van der Waals surface area (Å²) in [5, 5.41) is 10.4. The first-order valence-electron chi connectivity index (χ1n) is 11.5. The minimum atomic E-state index is -0.336. The number of fused-ring (bicyclic) bond motifs is 1. The highest BCUT2D eigenvalue weighted by molar-refractivity contribution is 7.16. The second-order valence-electron chi connectivity index (χ2n) is 8.30. The predicted molar refractivity (Wildman–Crippen MR) is 140 cm³/mol. The monoisotopic (exact) mass is 495 g/mol. The van der Waals surface area contributed by atoms with Crippen LogP contribution >= 0.6 is 11.3 Å². The number of aryl methyl sites for hydroxylation is 1. The van der Waals surface area contributed by atoms with Crippen LogP contribution in [-0.4, -0.2) is 27.7 Å². The maximum atomic E-state index is 13.4. The summed E-state index contributed by atoms with van der Waals surface area (Å²) in [6.45, 7) is 2.05. The number of aromatic nitrogens is 3. The lowest BCUT2D eigenvalue weighted by Gasteiger charge is -2.17. The van der Waals surface area contributed by atoms with Gasteiger partial charge in [0.25, 0.3) is 0 Å². The molecule has 0 amide bonds. The number of nitriles is 1. The summed E-state index contributed by atoms with van der Waals surface area (Å²) in [6.07, 6.45) is 4.06.